The van der Waals surface area contributed by atoms with Crippen LogP contribution in [0.3, 0.4) is 0 Å². The normalized spacial score (nSPS) is 16.9. The van der Waals surface area contributed by atoms with Crippen molar-refractivity contribution in [3.05, 3.63) is 53.9 Å². The monoisotopic (exact) mass is 281 g/mol. The molecular weight excluding hydrogens is 258 g/mol. The van der Waals surface area contributed by atoms with E-state index in [4.69, 9.17) is 0 Å². The first kappa shape index (κ1) is 13.9. The predicted octanol–water partition coefficient (Wildman–Crippen LogP) is 3.85. The van der Waals surface area contributed by atoms with Gasteiger partial charge >= 0.3 is 0 Å². The molecule has 0 radical (unpaired) electrons. The van der Waals surface area contributed by atoms with E-state index >= 15 is 0 Å². The Hall–Kier alpha value is -2.03. The smallest absolute Gasteiger partial charge is 0.0617 e. The van der Waals surface area contributed by atoms with Crippen LogP contribution in [0.2, 0.25) is 0 Å². The number of para-hydroxylation sites is 1. The molecule has 1 unspecified atom stereocenters. The van der Waals surface area contributed by atoms with Crippen LogP contribution in [0.25, 0.3) is 0 Å². The van der Waals surface area contributed by atoms with E-state index in [1.807, 2.05) is 12.3 Å². The van der Waals surface area contributed by atoms with Gasteiger partial charge in [-0.25, -0.2) is 0 Å². The van der Waals surface area contributed by atoms with Gasteiger partial charge in [0.15, 0.2) is 0 Å². The molecule has 0 aliphatic carbocycles. The van der Waals surface area contributed by atoms with Gasteiger partial charge < -0.3 is 10.2 Å². The highest BCUT2D eigenvalue weighted by atomic mass is 15.2. The second kappa shape index (κ2) is 6.17. The molecule has 1 aliphatic rings. The van der Waals surface area contributed by atoms with Gasteiger partial charge in [0.25, 0.3) is 0 Å². The van der Waals surface area contributed by atoms with Gasteiger partial charge in [-0.05, 0) is 43.5 Å². The van der Waals surface area contributed by atoms with Gasteiger partial charge in [0.05, 0.1) is 12.2 Å². The second-order valence-corrected chi connectivity index (χ2v) is 5.77. The lowest BCUT2D eigenvalue weighted by Gasteiger charge is -2.24. The summed E-state index contributed by atoms with van der Waals surface area (Å²) in [4.78, 5) is 7.00. The zero-order chi connectivity index (χ0) is 14.7. The Balaban J connectivity index is 1.77. The fourth-order valence-electron chi connectivity index (χ4n) is 2.99. The molecule has 21 heavy (non-hydrogen) atoms. The molecule has 1 aromatic heterocycles. The van der Waals surface area contributed by atoms with Crippen molar-refractivity contribution in [2.75, 3.05) is 16.8 Å². The van der Waals surface area contributed by atoms with E-state index in [1.54, 1.807) is 0 Å². The molecule has 3 heteroatoms. The van der Waals surface area contributed by atoms with Gasteiger partial charge in [0.1, 0.15) is 0 Å². The quantitative estimate of drug-likeness (QED) is 0.902. The number of nitrogens with zero attached hydrogens (tertiary/aromatic N) is 2. The number of hydrogen-bond acceptors (Lipinski definition) is 3. The Kier molecular flexibility index (Phi) is 4.09. The van der Waals surface area contributed by atoms with Crippen LogP contribution < -0.4 is 10.2 Å². The van der Waals surface area contributed by atoms with Gasteiger partial charge in [-0.3, -0.25) is 4.98 Å². The summed E-state index contributed by atoms with van der Waals surface area (Å²) in [6.45, 7) is 6.35. The summed E-state index contributed by atoms with van der Waals surface area (Å²) in [7, 11) is 0. The average Bonchev–Trinajstić information content (AvgIpc) is 2.82. The first-order valence-electron chi connectivity index (χ1n) is 7.81. The van der Waals surface area contributed by atoms with Crippen molar-refractivity contribution in [2.45, 2.75) is 39.3 Å². The number of fused-ring (bicyclic) bond motifs is 1. The highest BCUT2D eigenvalue weighted by Crippen LogP contribution is 2.32. The van der Waals surface area contributed by atoms with Crippen LogP contribution in [-0.2, 0) is 13.0 Å². The van der Waals surface area contributed by atoms with Crippen molar-refractivity contribution >= 4 is 11.4 Å². The van der Waals surface area contributed by atoms with Crippen molar-refractivity contribution in [1.29, 1.82) is 0 Å². The van der Waals surface area contributed by atoms with E-state index in [1.165, 1.54) is 16.9 Å². The Morgan fingerprint density at radius 1 is 1.29 bits per heavy atom. The summed E-state index contributed by atoms with van der Waals surface area (Å²) < 4.78 is 0. The largest absolute Gasteiger partial charge is 0.385 e. The van der Waals surface area contributed by atoms with E-state index in [0.29, 0.717) is 6.04 Å². The zero-order valence-corrected chi connectivity index (χ0v) is 12.8. The fourth-order valence-corrected chi connectivity index (χ4v) is 2.99. The van der Waals surface area contributed by atoms with Gasteiger partial charge in [-0.2, -0.15) is 0 Å². The number of aromatic nitrogens is 1. The third-order valence-electron chi connectivity index (χ3n) is 4.08. The molecule has 1 aliphatic heterocycles. The molecule has 3 nitrogen and oxygen atoms in total. The molecule has 0 amide bonds. The second-order valence-electron chi connectivity index (χ2n) is 5.77. The van der Waals surface area contributed by atoms with Crippen molar-refractivity contribution in [1.82, 2.24) is 4.98 Å². The summed E-state index contributed by atoms with van der Waals surface area (Å²) in [5.41, 5.74) is 5.10. The maximum atomic E-state index is 4.54. The third kappa shape index (κ3) is 3.02. The van der Waals surface area contributed by atoms with Gasteiger partial charge in [0.2, 0.25) is 0 Å². The average molecular weight is 281 g/mol. The maximum absolute atomic E-state index is 4.54. The first-order valence-corrected chi connectivity index (χ1v) is 7.81. The number of pyridine rings is 1. The highest BCUT2D eigenvalue weighted by Gasteiger charge is 2.25. The molecule has 0 fully saturated rings. The zero-order valence-electron chi connectivity index (χ0n) is 12.8. The summed E-state index contributed by atoms with van der Waals surface area (Å²) in [6, 6.07) is 13.5. The number of rotatable bonds is 5. The molecule has 2 aromatic rings. The van der Waals surface area contributed by atoms with E-state index in [-0.39, 0.29) is 0 Å². The summed E-state index contributed by atoms with van der Waals surface area (Å²) in [5, 5.41) is 3.43. The molecule has 1 atom stereocenters. The Bertz CT molecular complexity index is 609. The third-order valence-corrected chi connectivity index (χ3v) is 4.08. The molecule has 3 rings (SSSR count). The Morgan fingerprint density at radius 2 is 2.14 bits per heavy atom. The SMILES string of the molecule is CCCNc1ccnc(CN2c3ccccc3CC2C)c1. The summed E-state index contributed by atoms with van der Waals surface area (Å²) >= 11 is 0. The molecule has 1 aromatic carbocycles. The van der Waals surface area contributed by atoms with Crippen LogP contribution in [0.15, 0.2) is 42.6 Å². The van der Waals surface area contributed by atoms with Gasteiger partial charge in [-0.15, -0.1) is 0 Å². The van der Waals surface area contributed by atoms with E-state index in [9.17, 15) is 0 Å². The van der Waals surface area contributed by atoms with Gasteiger partial charge in [0, 0.05) is 30.2 Å². The van der Waals surface area contributed by atoms with Crippen molar-refractivity contribution in [3.8, 4) is 0 Å². The first-order chi connectivity index (χ1) is 10.3. The lowest BCUT2D eigenvalue weighted by molar-refractivity contribution is 0.665. The number of benzene rings is 1. The lowest BCUT2D eigenvalue weighted by atomic mass is 10.1. The van der Waals surface area contributed by atoms with E-state index < -0.39 is 0 Å². The van der Waals surface area contributed by atoms with Crippen molar-refractivity contribution in [3.63, 3.8) is 0 Å². The minimum Gasteiger partial charge on any atom is -0.385 e. The van der Waals surface area contributed by atoms with Crippen molar-refractivity contribution in [2.24, 2.45) is 0 Å². The Labute approximate surface area is 127 Å². The molecule has 0 saturated carbocycles. The minimum absolute atomic E-state index is 0.538. The number of nitrogens with one attached hydrogen (secondary N) is 1. The highest BCUT2D eigenvalue weighted by molar-refractivity contribution is 5.59. The molecule has 0 saturated heterocycles. The maximum Gasteiger partial charge on any atom is 0.0617 e. The minimum atomic E-state index is 0.538. The van der Waals surface area contributed by atoms with E-state index in [2.05, 4.69) is 59.4 Å². The van der Waals surface area contributed by atoms with Crippen LogP contribution in [0.1, 0.15) is 31.5 Å². The van der Waals surface area contributed by atoms with Crippen molar-refractivity contribution < 1.29 is 0 Å². The molecule has 2 heterocycles. The standard InChI is InChI=1S/C18H23N3/c1-3-9-19-16-8-10-20-17(12-16)13-21-14(2)11-15-6-4-5-7-18(15)21/h4-8,10,12,14H,3,9,11,13H2,1-2H3,(H,19,20). The topological polar surface area (TPSA) is 28.2 Å². The molecular formula is C18H23N3. The molecule has 0 bridgehead atoms. The van der Waals surface area contributed by atoms with Crippen LogP contribution >= 0.6 is 0 Å². The molecule has 0 spiro atoms. The summed E-state index contributed by atoms with van der Waals surface area (Å²) in [5.74, 6) is 0. The van der Waals surface area contributed by atoms with E-state index in [0.717, 1.165) is 31.6 Å². The van der Waals surface area contributed by atoms with Crippen LogP contribution in [0, 0.1) is 0 Å². The number of anilines is 2. The Morgan fingerprint density at radius 3 is 3.00 bits per heavy atom. The number of hydrogen-bond donors (Lipinski definition) is 1. The van der Waals surface area contributed by atoms with Crippen LogP contribution in [0.4, 0.5) is 11.4 Å². The molecule has 110 valence electrons. The fraction of sp³-hybridized carbons (Fsp3) is 0.389. The predicted molar refractivity (Wildman–Crippen MR) is 88.8 cm³/mol. The van der Waals surface area contributed by atoms with Gasteiger partial charge in [-0.1, -0.05) is 25.1 Å². The summed E-state index contributed by atoms with van der Waals surface area (Å²) in [6.07, 6.45) is 4.16. The molecule has 1 N–H and O–H groups in total. The van der Waals surface area contributed by atoms with Crippen LogP contribution in [0.5, 0.6) is 0 Å². The van der Waals surface area contributed by atoms with Crippen LogP contribution in [-0.4, -0.2) is 17.6 Å². The lowest BCUT2D eigenvalue weighted by Crippen LogP contribution is -2.29.